The molecule has 7 heteroatoms. The first-order valence-electron chi connectivity index (χ1n) is 5.21. The minimum Gasteiger partial charge on any atom is -0.481 e. The van der Waals surface area contributed by atoms with Crippen LogP contribution in [0.3, 0.4) is 0 Å². The van der Waals surface area contributed by atoms with Crippen LogP contribution in [0, 0.1) is 0 Å². The quantitative estimate of drug-likeness (QED) is 0.614. The van der Waals surface area contributed by atoms with Gasteiger partial charge < -0.3 is 25.6 Å². The zero-order valence-electron chi connectivity index (χ0n) is 9.28. The summed E-state index contributed by atoms with van der Waals surface area (Å²) in [7, 11) is 0. The third-order valence-electron chi connectivity index (χ3n) is 2.61. The minimum atomic E-state index is -1.39. The first-order valence-corrected chi connectivity index (χ1v) is 5.21. The molecule has 2 aromatic rings. The zero-order chi connectivity index (χ0) is 13.3. The van der Waals surface area contributed by atoms with Crippen LogP contribution >= 0.6 is 0 Å². The van der Waals surface area contributed by atoms with Crippen LogP contribution in [0.25, 0.3) is 11.0 Å². The van der Waals surface area contributed by atoms with Crippen LogP contribution in [0.5, 0.6) is 0 Å². The number of anilines is 1. The normalized spacial score (nSPS) is 14.6. The van der Waals surface area contributed by atoms with Gasteiger partial charge in [0.2, 0.25) is 0 Å². The fraction of sp³-hybridized carbons (Fsp3) is 0.273. The highest BCUT2D eigenvalue weighted by atomic mass is 16.5. The molecule has 0 saturated carbocycles. The average Bonchev–Trinajstić information content (AvgIpc) is 2.69. The number of fused-ring (bicyclic) bond motifs is 1. The van der Waals surface area contributed by atoms with Crippen molar-refractivity contribution >= 4 is 22.8 Å². The van der Waals surface area contributed by atoms with Crippen LogP contribution in [0.2, 0.25) is 0 Å². The summed E-state index contributed by atoms with van der Waals surface area (Å²) in [6.45, 7) is 0. The van der Waals surface area contributed by atoms with Gasteiger partial charge in [-0.2, -0.15) is 0 Å². The van der Waals surface area contributed by atoms with Crippen LogP contribution in [0.15, 0.2) is 22.7 Å². The first kappa shape index (κ1) is 12.3. The van der Waals surface area contributed by atoms with E-state index in [4.69, 9.17) is 15.4 Å². The molecule has 0 spiro atoms. The van der Waals surface area contributed by atoms with Crippen molar-refractivity contribution in [2.75, 3.05) is 5.73 Å². The van der Waals surface area contributed by atoms with E-state index in [1.54, 1.807) is 6.07 Å². The van der Waals surface area contributed by atoms with Crippen LogP contribution in [0.4, 0.5) is 5.82 Å². The van der Waals surface area contributed by atoms with Crippen molar-refractivity contribution in [2.45, 2.75) is 18.6 Å². The number of aliphatic hydroxyl groups excluding tert-OH is 2. The maximum absolute atomic E-state index is 10.5. The minimum absolute atomic E-state index is 0.173. The summed E-state index contributed by atoms with van der Waals surface area (Å²) in [4.78, 5) is 10.5. The molecule has 0 radical (unpaired) electrons. The Morgan fingerprint density at radius 1 is 1.44 bits per heavy atom. The molecule has 0 aliphatic rings. The number of rotatable bonds is 4. The highest BCUT2D eigenvalue weighted by Crippen LogP contribution is 2.26. The van der Waals surface area contributed by atoms with E-state index in [2.05, 4.69) is 5.16 Å². The van der Waals surface area contributed by atoms with Gasteiger partial charge >= 0.3 is 5.97 Å². The topological polar surface area (TPSA) is 130 Å². The summed E-state index contributed by atoms with van der Waals surface area (Å²) >= 11 is 0. The van der Waals surface area contributed by atoms with E-state index in [0.717, 1.165) is 0 Å². The van der Waals surface area contributed by atoms with Gasteiger partial charge in [-0.3, -0.25) is 4.79 Å². The van der Waals surface area contributed by atoms with Crippen molar-refractivity contribution in [2.24, 2.45) is 0 Å². The number of benzene rings is 1. The molecule has 1 aromatic heterocycles. The summed E-state index contributed by atoms with van der Waals surface area (Å²) in [5.41, 5.74) is 6.37. The lowest BCUT2D eigenvalue weighted by atomic mass is 10.0. The smallest absolute Gasteiger partial charge is 0.306 e. The van der Waals surface area contributed by atoms with Crippen molar-refractivity contribution in [1.82, 2.24) is 5.16 Å². The lowest BCUT2D eigenvalue weighted by Gasteiger charge is -2.16. The molecule has 18 heavy (non-hydrogen) atoms. The Morgan fingerprint density at radius 2 is 2.17 bits per heavy atom. The molecule has 2 unspecified atom stereocenters. The van der Waals surface area contributed by atoms with Gasteiger partial charge in [-0.05, 0) is 17.7 Å². The third kappa shape index (κ3) is 2.27. The molecular weight excluding hydrogens is 240 g/mol. The van der Waals surface area contributed by atoms with Gasteiger partial charge in [0.05, 0.1) is 17.9 Å². The van der Waals surface area contributed by atoms with Crippen molar-refractivity contribution in [1.29, 1.82) is 0 Å². The van der Waals surface area contributed by atoms with E-state index in [-0.39, 0.29) is 5.82 Å². The maximum Gasteiger partial charge on any atom is 0.306 e. The molecule has 0 saturated heterocycles. The van der Waals surface area contributed by atoms with Crippen molar-refractivity contribution in [3.05, 3.63) is 23.8 Å². The Kier molecular flexibility index (Phi) is 3.17. The number of aromatic nitrogens is 1. The first-order chi connectivity index (χ1) is 8.49. The number of carboxylic acid groups (broad SMARTS) is 1. The molecule has 0 fully saturated rings. The molecule has 96 valence electrons. The summed E-state index contributed by atoms with van der Waals surface area (Å²) in [5, 5.41) is 32.0. The van der Waals surface area contributed by atoms with Gasteiger partial charge in [-0.15, -0.1) is 0 Å². The van der Waals surface area contributed by atoms with Crippen LogP contribution in [-0.2, 0) is 4.79 Å². The molecule has 0 aliphatic heterocycles. The van der Waals surface area contributed by atoms with E-state index in [0.29, 0.717) is 16.5 Å². The standard InChI is InChI=1S/C11H12N2O5/c12-11-6-3-5(1-2-8(6)18-13-11)10(17)7(14)4-9(15)16/h1-3,7,10,14,17H,4H2,(H2,12,13)(H,15,16). The highest BCUT2D eigenvalue weighted by molar-refractivity contribution is 5.87. The number of hydrogen-bond acceptors (Lipinski definition) is 6. The van der Waals surface area contributed by atoms with Gasteiger partial charge in [0.15, 0.2) is 11.4 Å². The summed E-state index contributed by atoms with van der Waals surface area (Å²) in [6.07, 6.45) is -3.24. The Morgan fingerprint density at radius 3 is 2.83 bits per heavy atom. The van der Waals surface area contributed by atoms with Crippen molar-refractivity contribution in [3.8, 4) is 0 Å². The zero-order valence-corrected chi connectivity index (χ0v) is 9.28. The van der Waals surface area contributed by atoms with Gasteiger partial charge in [0.25, 0.3) is 0 Å². The lowest BCUT2D eigenvalue weighted by Crippen LogP contribution is -2.21. The van der Waals surface area contributed by atoms with Crippen LogP contribution < -0.4 is 5.73 Å². The van der Waals surface area contributed by atoms with E-state index in [1.165, 1.54) is 12.1 Å². The number of nitrogen functional groups attached to an aromatic ring is 1. The molecule has 7 nitrogen and oxygen atoms in total. The predicted molar refractivity (Wildman–Crippen MR) is 61.6 cm³/mol. The van der Waals surface area contributed by atoms with E-state index in [9.17, 15) is 15.0 Å². The number of aliphatic hydroxyl groups is 2. The van der Waals surface area contributed by atoms with E-state index in [1.807, 2.05) is 0 Å². The van der Waals surface area contributed by atoms with Crippen LogP contribution in [-0.4, -0.2) is 32.5 Å². The predicted octanol–water partition coefficient (Wildman–Crippen LogP) is 0.279. The molecule has 0 amide bonds. The largest absolute Gasteiger partial charge is 0.481 e. The Labute approximate surface area is 101 Å². The average molecular weight is 252 g/mol. The third-order valence-corrected chi connectivity index (χ3v) is 2.61. The lowest BCUT2D eigenvalue weighted by molar-refractivity contribution is -0.141. The second kappa shape index (κ2) is 4.63. The fourth-order valence-corrected chi connectivity index (χ4v) is 1.67. The number of aliphatic carboxylic acids is 1. The number of hydrogen-bond donors (Lipinski definition) is 4. The van der Waals surface area contributed by atoms with E-state index < -0.39 is 24.6 Å². The monoisotopic (exact) mass is 252 g/mol. The van der Waals surface area contributed by atoms with Gasteiger partial charge in [-0.25, -0.2) is 0 Å². The Bertz CT molecular complexity index is 580. The van der Waals surface area contributed by atoms with Gasteiger partial charge in [0.1, 0.15) is 6.10 Å². The Hall–Kier alpha value is -2.12. The molecule has 2 rings (SSSR count). The van der Waals surface area contributed by atoms with Gasteiger partial charge in [-0.1, -0.05) is 11.2 Å². The summed E-state index contributed by atoms with van der Waals surface area (Å²) < 4.78 is 4.90. The summed E-state index contributed by atoms with van der Waals surface area (Å²) in [6, 6.07) is 4.57. The van der Waals surface area contributed by atoms with Crippen molar-refractivity contribution < 1.29 is 24.6 Å². The number of carbonyl (C=O) groups is 1. The molecule has 1 aromatic carbocycles. The molecule has 5 N–H and O–H groups in total. The van der Waals surface area contributed by atoms with Gasteiger partial charge in [0, 0.05) is 0 Å². The highest BCUT2D eigenvalue weighted by Gasteiger charge is 2.22. The fourth-order valence-electron chi connectivity index (χ4n) is 1.67. The SMILES string of the molecule is Nc1noc2ccc(C(O)C(O)CC(=O)O)cc12. The molecule has 0 bridgehead atoms. The second-order valence-electron chi connectivity index (χ2n) is 3.93. The summed E-state index contributed by atoms with van der Waals surface area (Å²) in [5.74, 6) is -1.01. The number of nitrogens with zero attached hydrogens (tertiary/aromatic N) is 1. The second-order valence-corrected chi connectivity index (χ2v) is 3.93. The number of nitrogens with two attached hydrogens (primary N) is 1. The molecular formula is C11H12N2O5. The molecule has 2 atom stereocenters. The number of carboxylic acids is 1. The molecule has 0 aliphatic carbocycles. The maximum atomic E-state index is 10.5. The van der Waals surface area contributed by atoms with Crippen molar-refractivity contribution in [3.63, 3.8) is 0 Å². The Balaban J connectivity index is 2.29. The van der Waals surface area contributed by atoms with E-state index >= 15 is 0 Å². The van der Waals surface area contributed by atoms with Crippen LogP contribution in [0.1, 0.15) is 18.1 Å². The molecule has 1 heterocycles.